The summed E-state index contributed by atoms with van der Waals surface area (Å²) in [6, 6.07) is 7.49. The van der Waals surface area contributed by atoms with Crippen LogP contribution in [-0.4, -0.2) is 61.1 Å². The molecule has 13 heteroatoms. The van der Waals surface area contributed by atoms with E-state index in [1.54, 1.807) is 0 Å². The summed E-state index contributed by atoms with van der Waals surface area (Å²) in [5.74, 6) is 0.112. The monoisotopic (exact) mass is 563 g/mol. The van der Waals surface area contributed by atoms with Crippen molar-refractivity contribution < 1.29 is 22.5 Å². The fraction of sp³-hybridized carbons (Fsp3) is 0.375. The van der Waals surface area contributed by atoms with E-state index < -0.39 is 22.5 Å². The molecule has 1 aliphatic carbocycles. The highest BCUT2D eigenvalue weighted by Gasteiger charge is 2.37. The second kappa shape index (κ2) is 10.6. The predicted molar refractivity (Wildman–Crippen MR) is 141 cm³/mol. The van der Waals surface area contributed by atoms with E-state index in [0.29, 0.717) is 27.8 Å². The fourth-order valence-corrected chi connectivity index (χ4v) is 6.38. The summed E-state index contributed by atoms with van der Waals surface area (Å²) in [6.07, 6.45) is 2.34. The molecule has 37 heavy (non-hydrogen) atoms. The van der Waals surface area contributed by atoms with Crippen molar-refractivity contribution in [2.75, 3.05) is 23.8 Å². The van der Waals surface area contributed by atoms with Crippen LogP contribution in [0.1, 0.15) is 39.2 Å². The minimum absolute atomic E-state index is 0.215. The average Bonchev–Trinajstić information content (AvgIpc) is 3.59. The summed E-state index contributed by atoms with van der Waals surface area (Å²) in [4.78, 5) is 24.5. The fourth-order valence-electron chi connectivity index (χ4n) is 4.73. The van der Waals surface area contributed by atoms with Crippen molar-refractivity contribution in [1.82, 2.24) is 14.7 Å². The standard InChI is InChI=1S/C24H26ClN5O5S2/c1-26-37(33,34)35-21-9-17(8-20(21)31)29-24-18(10-27-13-28-24)23(32)22-6-14(12-36-22)11-30-5-4-15-2-3-16(25)7-19(15)30/h2-3,6-7,10,12-13,17,20-21,26,31H,4-5,8-9,11H2,1H3,(H,27,28,29)/t17-,20+,21-/m1/s1. The summed E-state index contributed by atoms with van der Waals surface area (Å²) in [6.45, 7) is 1.56. The second-order valence-corrected chi connectivity index (χ2v) is 11.9. The number of carbonyl (C=O) groups is 1. The molecular weight excluding hydrogens is 538 g/mol. The Morgan fingerprint density at radius 1 is 1.32 bits per heavy atom. The van der Waals surface area contributed by atoms with Gasteiger partial charge in [0.1, 0.15) is 18.2 Å². The van der Waals surface area contributed by atoms with Crippen molar-refractivity contribution in [3.63, 3.8) is 0 Å². The number of aliphatic hydroxyl groups is 1. The number of carbonyl (C=O) groups excluding carboxylic acids is 1. The minimum atomic E-state index is -3.94. The number of aliphatic hydroxyl groups excluding tert-OH is 1. The number of fused-ring (bicyclic) bond motifs is 1. The number of nitrogens with one attached hydrogen (secondary N) is 2. The number of hydrogen-bond donors (Lipinski definition) is 3. The molecule has 1 aromatic carbocycles. The largest absolute Gasteiger partial charge is 0.390 e. The lowest BCUT2D eigenvalue weighted by Gasteiger charge is -2.18. The first kappa shape index (κ1) is 26.0. The van der Waals surface area contributed by atoms with Gasteiger partial charge < -0.3 is 15.3 Å². The summed E-state index contributed by atoms with van der Waals surface area (Å²) < 4.78 is 30.5. The van der Waals surface area contributed by atoms with Crippen LogP contribution in [0.3, 0.4) is 0 Å². The van der Waals surface area contributed by atoms with Crippen molar-refractivity contribution in [3.8, 4) is 0 Å². The van der Waals surface area contributed by atoms with E-state index >= 15 is 0 Å². The van der Waals surface area contributed by atoms with Gasteiger partial charge in [0, 0.05) is 43.1 Å². The van der Waals surface area contributed by atoms with Crippen LogP contribution in [0.5, 0.6) is 0 Å². The Bertz CT molecular complexity index is 1420. The van der Waals surface area contributed by atoms with Gasteiger partial charge in [-0.25, -0.2) is 9.97 Å². The van der Waals surface area contributed by atoms with Crippen molar-refractivity contribution in [2.45, 2.75) is 44.1 Å². The van der Waals surface area contributed by atoms with Gasteiger partial charge in [-0.3, -0.25) is 8.98 Å². The Morgan fingerprint density at radius 3 is 2.97 bits per heavy atom. The summed E-state index contributed by atoms with van der Waals surface area (Å²) in [7, 11) is -2.70. The van der Waals surface area contributed by atoms with Crippen molar-refractivity contribution >= 4 is 50.5 Å². The third-order valence-electron chi connectivity index (χ3n) is 6.56. The van der Waals surface area contributed by atoms with Gasteiger partial charge in [0.15, 0.2) is 0 Å². The van der Waals surface area contributed by atoms with Crippen LogP contribution in [0.2, 0.25) is 5.02 Å². The van der Waals surface area contributed by atoms with Crippen LogP contribution in [0, 0.1) is 0 Å². The maximum Gasteiger partial charge on any atom is 0.335 e. The van der Waals surface area contributed by atoms with E-state index in [1.165, 1.54) is 36.5 Å². The zero-order chi connectivity index (χ0) is 26.2. The van der Waals surface area contributed by atoms with Crippen LogP contribution in [-0.2, 0) is 27.5 Å². The Labute approximate surface area is 223 Å². The number of halogens is 1. The number of thiophene rings is 1. The lowest BCUT2D eigenvalue weighted by atomic mass is 10.1. The van der Waals surface area contributed by atoms with E-state index in [2.05, 4.69) is 31.0 Å². The quantitative estimate of drug-likeness (QED) is 0.336. The van der Waals surface area contributed by atoms with Crippen LogP contribution < -0.4 is 14.9 Å². The van der Waals surface area contributed by atoms with Gasteiger partial charge in [0.2, 0.25) is 5.78 Å². The van der Waals surface area contributed by atoms with E-state index in [9.17, 15) is 18.3 Å². The van der Waals surface area contributed by atoms with Crippen molar-refractivity contribution in [1.29, 1.82) is 0 Å². The van der Waals surface area contributed by atoms with Gasteiger partial charge in [-0.1, -0.05) is 17.7 Å². The Hall–Kier alpha value is -2.61. The molecule has 0 bridgehead atoms. The molecule has 0 saturated heterocycles. The van der Waals surface area contributed by atoms with Gasteiger partial charge in [0.25, 0.3) is 0 Å². The van der Waals surface area contributed by atoms with Gasteiger partial charge in [0.05, 0.1) is 16.5 Å². The number of benzene rings is 1. The number of anilines is 2. The average molecular weight is 564 g/mol. The van der Waals surface area contributed by atoms with Gasteiger partial charge >= 0.3 is 10.3 Å². The molecule has 2 aliphatic rings. The van der Waals surface area contributed by atoms with Crippen LogP contribution in [0.4, 0.5) is 11.5 Å². The molecule has 0 unspecified atom stereocenters. The highest BCUT2D eigenvalue weighted by molar-refractivity contribution is 7.84. The first-order valence-corrected chi connectivity index (χ1v) is 14.4. The maximum atomic E-state index is 13.4. The number of rotatable bonds is 9. The number of ketones is 1. The molecule has 3 aromatic rings. The van der Waals surface area contributed by atoms with Crippen LogP contribution >= 0.6 is 22.9 Å². The molecular formula is C24H26ClN5O5S2. The molecule has 0 radical (unpaired) electrons. The number of aromatic nitrogens is 2. The summed E-state index contributed by atoms with van der Waals surface area (Å²) >= 11 is 7.56. The minimum Gasteiger partial charge on any atom is -0.390 e. The lowest BCUT2D eigenvalue weighted by molar-refractivity contribution is 0.0636. The Balaban J connectivity index is 1.27. The molecule has 3 heterocycles. The molecule has 3 N–H and O–H groups in total. The summed E-state index contributed by atoms with van der Waals surface area (Å²) in [5, 5.41) is 16.1. The maximum absolute atomic E-state index is 13.4. The molecule has 10 nitrogen and oxygen atoms in total. The first-order chi connectivity index (χ1) is 17.7. The molecule has 3 atom stereocenters. The van der Waals surface area contributed by atoms with Gasteiger partial charge in [-0.05, 0) is 54.0 Å². The smallest absolute Gasteiger partial charge is 0.335 e. The predicted octanol–water partition coefficient (Wildman–Crippen LogP) is 2.77. The molecule has 0 amide bonds. The van der Waals surface area contributed by atoms with E-state index in [4.69, 9.17) is 15.8 Å². The third kappa shape index (κ3) is 5.79. The Morgan fingerprint density at radius 2 is 2.16 bits per heavy atom. The SMILES string of the molecule is CNS(=O)(=O)O[C@@H]1C[C@H](Nc2ncncc2C(=O)c2cc(CN3CCc4ccc(Cl)cc43)cs2)C[C@@H]1O. The van der Waals surface area contributed by atoms with Crippen molar-refractivity contribution in [2.24, 2.45) is 0 Å². The van der Waals surface area contributed by atoms with E-state index in [1.807, 2.05) is 23.6 Å². The third-order valence-corrected chi connectivity index (χ3v) is 8.77. The number of hydrogen-bond acceptors (Lipinski definition) is 10. The van der Waals surface area contributed by atoms with Crippen LogP contribution in [0.25, 0.3) is 0 Å². The zero-order valence-corrected chi connectivity index (χ0v) is 22.3. The second-order valence-electron chi connectivity index (χ2n) is 9.05. The molecule has 196 valence electrons. The zero-order valence-electron chi connectivity index (χ0n) is 19.9. The van der Waals surface area contributed by atoms with Gasteiger partial charge in [-0.2, -0.15) is 13.1 Å². The Kier molecular flexibility index (Phi) is 7.48. The molecule has 0 spiro atoms. The highest BCUT2D eigenvalue weighted by atomic mass is 35.5. The van der Waals surface area contributed by atoms with E-state index in [0.717, 1.165) is 24.2 Å². The topological polar surface area (TPSA) is 134 Å². The first-order valence-electron chi connectivity index (χ1n) is 11.7. The molecule has 1 saturated carbocycles. The van der Waals surface area contributed by atoms with Crippen LogP contribution in [0.15, 0.2) is 42.2 Å². The number of nitrogens with zero attached hydrogens (tertiary/aromatic N) is 3. The normalized spacial score (nSPS) is 21.3. The lowest BCUT2D eigenvalue weighted by Crippen LogP contribution is -2.31. The molecule has 1 aliphatic heterocycles. The van der Waals surface area contributed by atoms with Crippen molar-refractivity contribution in [3.05, 3.63) is 68.8 Å². The molecule has 2 aromatic heterocycles. The molecule has 1 fully saturated rings. The van der Waals surface area contributed by atoms with E-state index in [-0.39, 0.29) is 24.7 Å². The molecule has 5 rings (SSSR count). The van der Waals surface area contributed by atoms with Gasteiger partial charge in [-0.15, -0.1) is 11.3 Å². The summed E-state index contributed by atoms with van der Waals surface area (Å²) in [5.41, 5.74) is 3.72. The highest BCUT2D eigenvalue weighted by Crippen LogP contribution is 2.33.